The van der Waals surface area contributed by atoms with Gasteiger partial charge in [-0.25, -0.2) is 0 Å². The van der Waals surface area contributed by atoms with Crippen LogP contribution in [0.5, 0.6) is 0 Å². The fourth-order valence-electron chi connectivity index (χ4n) is 3.47. The molecule has 1 atom stereocenters. The van der Waals surface area contributed by atoms with Crippen LogP contribution < -0.4 is 0 Å². The minimum atomic E-state index is -0.421. The Morgan fingerprint density at radius 2 is 2.05 bits per heavy atom. The van der Waals surface area contributed by atoms with Gasteiger partial charge in [-0.2, -0.15) is 0 Å². The molecule has 1 spiro atoms. The van der Waals surface area contributed by atoms with Gasteiger partial charge in [-0.05, 0) is 32.1 Å². The predicted octanol–water partition coefficient (Wildman–Crippen LogP) is 4.40. The summed E-state index contributed by atoms with van der Waals surface area (Å²) in [4.78, 5) is 12.6. The van der Waals surface area contributed by atoms with E-state index in [0.29, 0.717) is 18.8 Å². The van der Waals surface area contributed by atoms with Gasteiger partial charge in [0, 0.05) is 24.7 Å². The highest BCUT2D eigenvalue weighted by molar-refractivity contribution is 5.84. The number of ether oxygens (including phenoxy) is 2. The second-order valence-corrected chi connectivity index (χ2v) is 7.04. The highest BCUT2D eigenvalue weighted by Gasteiger charge is 2.46. The molecule has 2 rings (SSSR count). The number of hydrogen-bond acceptors (Lipinski definition) is 3. The van der Waals surface area contributed by atoms with Gasteiger partial charge in [0.25, 0.3) is 0 Å². The fourth-order valence-corrected chi connectivity index (χ4v) is 3.47. The summed E-state index contributed by atoms with van der Waals surface area (Å²) >= 11 is 0. The van der Waals surface area contributed by atoms with Crippen molar-refractivity contribution in [3.63, 3.8) is 0 Å². The second kappa shape index (κ2) is 7.06. The Morgan fingerprint density at radius 1 is 1.33 bits per heavy atom. The van der Waals surface area contributed by atoms with Crippen molar-refractivity contribution in [2.75, 3.05) is 6.61 Å². The van der Waals surface area contributed by atoms with Gasteiger partial charge in [0.15, 0.2) is 5.79 Å². The molecule has 1 aliphatic heterocycles. The highest BCUT2D eigenvalue weighted by atomic mass is 16.7. The van der Waals surface area contributed by atoms with Crippen molar-refractivity contribution in [2.24, 2.45) is 5.41 Å². The number of carbonyl (C=O) groups is 1. The molecular formula is C18H30O3. The maximum absolute atomic E-state index is 12.6. The smallest absolute Gasteiger partial charge is 0.168 e. The number of Topliss-reactive ketones (excluding diaryl/α,β-unsaturated/α-hetero) is 1. The third-order valence-electron chi connectivity index (χ3n) is 5.05. The first-order valence-electron chi connectivity index (χ1n) is 8.46. The van der Waals surface area contributed by atoms with Gasteiger partial charge in [0.1, 0.15) is 5.78 Å². The molecule has 21 heavy (non-hydrogen) atoms. The van der Waals surface area contributed by atoms with Crippen molar-refractivity contribution in [1.82, 2.24) is 0 Å². The van der Waals surface area contributed by atoms with Crippen molar-refractivity contribution in [2.45, 2.75) is 83.5 Å². The Morgan fingerprint density at radius 3 is 2.71 bits per heavy atom. The molecule has 3 nitrogen and oxygen atoms in total. The van der Waals surface area contributed by atoms with Gasteiger partial charge >= 0.3 is 0 Å². The molecule has 1 saturated heterocycles. The topological polar surface area (TPSA) is 35.5 Å². The molecule has 0 radical (unpaired) electrons. The first-order chi connectivity index (χ1) is 10.0. The molecule has 0 aromatic rings. The third-order valence-corrected chi connectivity index (χ3v) is 5.05. The number of carbonyl (C=O) groups excluding carboxylic acids is 1. The lowest BCUT2D eigenvalue weighted by atomic mass is 9.77. The molecule has 0 N–H and O–H groups in total. The number of ketones is 1. The van der Waals surface area contributed by atoms with Crippen LogP contribution in [0.1, 0.15) is 71.6 Å². The van der Waals surface area contributed by atoms with E-state index in [4.69, 9.17) is 9.47 Å². The molecule has 1 saturated carbocycles. The summed E-state index contributed by atoms with van der Waals surface area (Å²) in [5.41, 5.74) is -0.421. The fraction of sp³-hybridized carbons (Fsp3) is 0.833. The molecule has 0 aromatic carbocycles. The number of unbranched alkanes of at least 4 members (excludes halogenated alkanes) is 1. The van der Waals surface area contributed by atoms with E-state index in [-0.39, 0.29) is 6.10 Å². The largest absolute Gasteiger partial charge is 0.350 e. The molecule has 0 amide bonds. The molecule has 0 bridgehead atoms. The average Bonchev–Trinajstić information content (AvgIpc) is 2.48. The van der Waals surface area contributed by atoms with Gasteiger partial charge in [-0.15, -0.1) is 6.58 Å². The first kappa shape index (κ1) is 16.7. The first-order valence-corrected chi connectivity index (χ1v) is 8.46. The summed E-state index contributed by atoms with van der Waals surface area (Å²) in [7, 11) is 0. The van der Waals surface area contributed by atoms with Crippen molar-refractivity contribution >= 4 is 5.78 Å². The SMILES string of the molecule is C=CCCCC(=O)C(C)(C)[C@@H]1CCOC2(CCCCC2)O1. The monoisotopic (exact) mass is 294 g/mol. The standard InChI is InChI=1S/C18H30O3/c1-4-5-7-10-15(19)17(2,3)16-11-14-20-18(21-16)12-8-6-9-13-18/h4,16H,1,5-14H2,2-3H3/t16-/m0/s1. The third kappa shape index (κ3) is 3.95. The maximum atomic E-state index is 12.6. The molecule has 2 aliphatic rings. The van der Waals surface area contributed by atoms with E-state index in [0.717, 1.165) is 32.1 Å². The van der Waals surface area contributed by atoms with E-state index in [1.54, 1.807) is 0 Å². The van der Waals surface area contributed by atoms with Crippen molar-refractivity contribution in [3.05, 3.63) is 12.7 Å². The summed E-state index contributed by atoms with van der Waals surface area (Å²) in [5, 5.41) is 0. The lowest BCUT2D eigenvalue weighted by molar-refractivity contribution is -0.318. The van der Waals surface area contributed by atoms with Gasteiger partial charge < -0.3 is 9.47 Å². The Labute approximate surface area is 129 Å². The minimum absolute atomic E-state index is 0.0134. The lowest BCUT2D eigenvalue weighted by Crippen LogP contribution is -2.52. The van der Waals surface area contributed by atoms with Crippen molar-refractivity contribution in [3.8, 4) is 0 Å². The van der Waals surface area contributed by atoms with Gasteiger partial charge in [0.05, 0.1) is 12.7 Å². The Balaban J connectivity index is 1.98. The Kier molecular flexibility index (Phi) is 5.61. The van der Waals surface area contributed by atoms with Crippen LogP contribution in [-0.4, -0.2) is 24.3 Å². The normalized spacial score (nSPS) is 25.7. The minimum Gasteiger partial charge on any atom is -0.350 e. The molecule has 2 fully saturated rings. The Hall–Kier alpha value is -0.670. The van der Waals surface area contributed by atoms with Gasteiger partial charge in [-0.3, -0.25) is 4.79 Å². The van der Waals surface area contributed by atoms with E-state index < -0.39 is 11.2 Å². The second-order valence-electron chi connectivity index (χ2n) is 7.04. The average molecular weight is 294 g/mol. The highest BCUT2D eigenvalue weighted by Crippen LogP contribution is 2.42. The van der Waals surface area contributed by atoms with E-state index in [1.165, 1.54) is 19.3 Å². The van der Waals surface area contributed by atoms with Crippen LogP contribution in [0, 0.1) is 5.41 Å². The molecule has 3 heteroatoms. The number of allylic oxidation sites excluding steroid dienone is 1. The Bertz CT molecular complexity index is 361. The molecule has 1 heterocycles. The quantitative estimate of drug-likeness (QED) is 0.538. The van der Waals surface area contributed by atoms with E-state index in [2.05, 4.69) is 6.58 Å². The van der Waals surface area contributed by atoms with Gasteiger partial charge in [0.2, 0.25) is 0 Å². The summed E-state index contributed by atoms with van der Waals surface area (Å²) in [6, 6.07) is 0. The molecule has 0 aromatic heterocycles. The summed E-state index contributed by atoms with van der Waals surface area (Å²) < 4.78 is 12.3. The van der Waals surface area contributed by atoms with Crippen LogP contribution in [0.4, 0.5) is 0 Å². The molecule has 120 valence electrons. The molecule has 1 aliphatic carbocycles. The van der Waals surface area contributed by atoms with Crippen LogP contribution in [0.25, 0.3) is 0 Å². The maximum Gasteiger partial charge on any atom is 0.168 e. The van der Waals surface area contributed by atoms with Crippen LogP contribution >= 0.6 is 0 Å². The summed E-state index contributed by atoms with van der Waals surface area (Å²) in [6.45, 7) is 8.51. The zero-order valence-electron chi connectivity index (χ0n) is 13.7. The molecular weight excluding hydrogens is 264 g/mol. The van der Waals surface area contributed by atoms with E-state index >= 15 is 0 Å². The number of rotatable bonds is 6. The van der Waals surface area contributed by atoms with Crippen LogP contribution in [0.2, 0.25) is 0 Å². The van der Waals surface area contributed by atoms with Crippen LogP contribution in [0.15, 0.2) is 12.7 Å². The predicted molar refractivity (Wildman–Crippen MR) is 84.1 cm³/mol. The van der Waals surface area contributed by atoms with E-state index in [1.807, 2.05) is 19.9 Å². The lowest BCUT2D eigenvalue weighted by Gasteiger charge is -2.47. The molecule has 0 unspecified atom stereocenters. The zero-order valence-corrected chi connectivity index (χ0v) is 13.7. The summed E-state index contributed by atoms with van der Waals surface area (Å²) in [6.07, 6.45) is 10.6. The van der Waals surface area contributed by atoms with Crippen LogP contribution in [-0.2, 0) is 14.3 Å². The van der Waals surface area contributed by atoms with Gasteiger partial charge in [-0.1, -0.05) is 26.3 Å². The van der Waals surface area contributed by atoms with Crippen LogP contribution in [0.3, 0.4) is 0 Å². The number of hydrogen-bond donors (Lipinski definition) is 0. The van der Waals surface area contributed by atoms with Crippen molar-refractivity contribution in [1.29, 1.82) is 0 Å². The van der Waals surface area contributed by atoms with Crippen molar-refractivity contribution < 1.29 is 14.3 Å². The van der Waals surface area contributed by atoms with E-state index in [9.17, 15) is 4.79 Å². The summed E-state index contributed by atoms with van der Waals surface area (Å²) in [5.74, 6) is -0.0953. The zero-order chi connectivity index (χ0) is 15.3.